The van der Waals surface area contributed by atoms with Gasteiger partial charge in [0.2, 0.25) is 11.3 Å². The van der Waals surface area contributed by atoms with Gasteiger partial charge in [0.25, 0.3) is 0 Å². The van der Waals surface area contributed by atoms with Crippen molar-refractivity contribution < 1.29 is 4.63 Å². The predicted molar refractivity (Wildman–Crippen MR) is 98.2 cm³/mol. The van der Waals surface area contributed by atoms with Gasteiger partial charge in [-0.1, -0.05) is 12.8 Å². The molecule has 0 aromatic carbocycles. The van der Waals surface area contributed by atoms with Crippen LogP contribution in [0.2, 0.25) is 0 Å². The Hall–Kier alpha value is -2.71. The van der Waals surface area contributed by atoms with E-state index in [2.05, 4.69) is 48.6 Å². The van der Waals surface area contributed by atoms with Crippen molar-refractivity contribution in [3.05, 3.63) is 17.5 Å². The van der Waals surface area contributed by atoms with E-state index in [4.69, 9.17) is 4.63 Å². The largest absolute Gasteiger partial charge is 0.364 e. The number of likely N-dealkylation sites (N-methyl/N-ethyl adjacent to an activating group) is 1. The minimum absolute atomic E-state index is 0.426. The normalized spacial score (nSPS) is 15.0. The molecule has 26 heavy (non-hydrogen) atoms. The van der Waals surface area contributed by atoms with Gasteiger partial charge in [0, 0.05) is 25.3 Å². The zero-order valence-corrected chi connectivity index (χ0v) is 15.4. The monoisotopic (exact) mass is 356 g/mol. The Bertz CT molecular complexity index is 895. The summed E-state index contributed by atoms with van der Waals surface area (Å²) in [6.45, 7) is 5.61. The Morgan fingerprint density at radius 1 is 1.19 bits per heavy atom. The van der Waals surface area contributed by atoms with Crippen molar-refractivity contribution in [2.24, 2.45) is 0 Å². The standard InChI is InChI=1S/C17H24N8O/c1-11-10-12(2)25(21-11)9-8-24(3)17-16(18-13-6-4-5-7-13)19-14-15(20-17)23-26-22-14/h10,13H,4-9H2,1-3H3,(H,18,19,22). The van der Waals surface area contributed by atoms with Crippen molar-refractivity contribution in [3.63, 3.8) is 0 Å². The van der Waals surface area contributed by atoms with E-state index in [-0.39, 0.29) is 0 Å². The molecule has 3 aromatic rings. The van der Waals surface area contributed by atoms with Crippen molar-refractivity contribution in [1.82, 2.24) is 30.1 Å². The van der Waals surface area contributed by atoms with Gasteiger partial charge in [-0.3, -0.25) is 4.68 Å². The third-order valence-corrected chi connectivity index (χ3v) is 4.90. The molecule has 0 atom stereocenters. The lowest BCUT2D eigenvalue weighted by molar-refractivity contribution is 0.314. The maximum absolute atomic E-state index is 4.79. The van der Waals surface area contributed by atoms with Crippen LogP contribution < -0.4 is 10.2 Å². The zero-order valence-electron chi connectivity index (χ0n) is 15.4. The first kappa shape index (κ1) is 16.7. The van der Waals surface area contributed by atoms with Crippen LogP contribution >= 0.6 is 0 Å². The second-order valence-corrected chi connectivity index (χ2v) is 7.00. The van der Waals surface area contributed by atoms with E-state index < -0.39 is 0 Å². The first-order chi connectivity index (χ1) is 12.6. The fourth-order valence-corrected chi connectivity index (χ4v) is 3.51. The van der Waals surface area contributed by atoms with E-state index >= 15 is 0 Å². The van der Waals surface area contributed by atoms with Gasteiger partial charge in [0.1, 0.15) is 0 Å². The van der Waals surface area contributed by atoms with Gasteiger partial charge >= 0.3 is 0 Å². The van der Waals surface area contributed by atoms with Gasteiger partial charge in [-0.05, 0) is 43.1 Å². The molecule has 0 saturated heterocycles. The van der Waals surface area contributed by atoms with E-state index in [1.165, 1.54) is 12.8 Å². The van der Waals surface area contributed by atoms with Crippen LogP contribution in [0.3, 0.4) is 0 Å². The highest BCUT2D eigenvalue weighted by Crippen LogP contribution is 2.27. The van der Waals surface area contributed by atoms with E-state index in [1.807, 2.05) is 18.7 Å². The number of aryl methyl sites for hydroxylation is 2. The molecule has 1 N–H and O–H groups in total. The Morgan fingerprint density at radius 2 is 1.92 bits per heavy atom. The summed E-state index contributed by atoms with van der Waals surface area (Å²) in [5, 5.41) is 15.7. The van der Waals surface area contributed by atoms with Gasteiger partial charge in [-0.15, -0.1) is 0 Å². The van der Waals surface area contributed by atoms with Crippen molar-refractivity contribution in [2.45, 2.75) is 52.1 Å². The molecular formula is C17H24N8O. The van der Waals surface area contributed by atoms with E-state index in [9.17, 15) is 0 Å². The van der Waals surface area contributed by atoms with Gasteiger partial charge < -0.3 is 10.2 Å². The summed E-state index contributed by atoms with van der Waals surface area (Å²) in [6, 6.07) is 2.52. The van der Waals surface area contributed by atoms with Gasteiger partial charge in [0.15, 0.2) is 11.6 Å². The maximum Gasteiger partial charge on any atom is 0.245 e. The SMILES string of the molecule is Cc1cc(C)n(CCN(C)c2nc3nonc3nc2NC2CCCC2)n1. The van der Waals surface area contributed by atoms with Gasteiger partial charge in [-0.2, -0.15) is 5.10 Å². The molecule has 138 valence electrons. The minimum atomic E-state index is 0.426. The second-order valence-electron chi connectivity index (χ2n) is 7.00. The molecule has 1 aliphatic carbocycles. The Balaban J connectivity index is 1.57. The van der Waals surface area contributed by atoms with Gasteiger partial charge in [0.05, 0.1) is 12.2 Å². The van der Waals surface area contributed by atoms with Crippen molar-refractivity contribution in [3.8, 4) is 0 Å². The zero-order chi connectivity index (χ0) is 18.1. The molecule has 0 bridgehead atoms. The number of nitrogens with one attached hydrogen (secondary N) is 1. The molecule has 3 aromatic heterocycles. The van der Waals surface area contributed by atoms with Crippen LogP contribution in [0.25, 0.3) is 11.3 Å². The van der Waals surface area contributed by atoms with Crippen LogP contribution in [-0.4, -0.2) is 49.7 Å². The van der Waals surface area contributed by atoms with E-state index in [0.29, 0.717) is 17.3 Å². The Labute approximate surface area is 151 Å². The summed E-state index contributed by atoms with van der Waals surface area (Å²) >= 11 is 0. The average Bonchev–Trinajstić information content (AvgIpc) is 3.33. The highest BCUT2D eigenvalue weighted by molar-refractivity contribution is 5.74. The molecule has 0 radical (unpaired) electrons. The van der Waals surface area contributed by atoms with Crippen LogP contribution in [0.5, 0.6) is 0 Å². The lowest BCUT2D eigenvalue weighted by Gasteiger charge is -2.22. The fraction of sp³-hybridized carbons (Fsp3) is 0.588. The fourth-order valence-electron chi connectivity index (χ4n) is 3.51. The third-order valence-electron chi connectivity index (χ3n) is 4.90. The summed E-state index contributed by atoms with van der Waals surface area (Å²) < 4.78 is 6.80. The molecule has 0 amide bonds. The second kappa shape index (κ2) is 6.89. The number of aromatic nitrogens is 6. The van der Waals surface area contributed by atoms with Gasteiger partial charge in [-0.25, -0.2) is 14.6 Å². The molecule has 1 fully saturated rings. The van der Waals surface area contributed by atoms with Crippen molar-refractivity contribution in [2.75, 3.05) is 23.8 Å². The molecule has 0 aliphatic heterocycles. The van der Waals surface area contributed by atoms with Crippen LogP contribution in [0.4, 0.5) is 11.6 Å². The molecule has 9 nitrogen and oxygen atoms in total. The van der Waals surface area contributed by atoms with Crippen LogP contribution in [0.1, 0.15) is 37.1 Å². The molecular weight excluding hydrogens is 332 g/mol. The summed E-state index contributed by atoms with van der Waals surface area (Å²) in [5.74, 6) is 1.51. The highest BCUT2D eigenvalue weighted by Gasteiger charge is 2.21. The number of fused-ring (bicyclic) bond motifs is 1. The number of hydrogen-bond acceptors (Lipinski definition) is 8. The molecule has 1 saturated carbocycles. The molecule has 9 heteroatoms. The third kappa shape index (κ3) is 3.33. The van der Waals surface area contributed by atoms with Crippen LogP contribution in [0.15, 0.2) is 10.7 Å². The number of anilines is 2. The minimum Gasteiger partial charge on any atom is -0.364 e. The Morgan fingerprint density at radius 3 is 2.62 bits per heavy atom. The first-order valence-corrected chi connectivity index (χ1v) is 9.09. The lowest BCUT2D eigenvalue weighted by atomic mass is 10.2. The molecule has 3 heterocycles. The first-order valence-electron chi connectivity index (χ1n) is 9.09. The van der Waals surface area contributed by atoms with E-state index in [1.54, 1.807) is 0 Å². The molecule has 0 spiro atoms. The van der Waals surface area contributed by atoms with Crippen molar-refractivity contribution >= 4 is 22.9 Å². The average molecular weight is 356 g/mol. The van der Waals surface area contributed by atoms with Crippen LogP contribution in [-0.2, 0) is 6.54 Å². The quantitative estimate of drug-likeness (QED) is 0.718. The van der Waals surface area contributed by atoms with Crippen LogP contribution in [0, 0.1) is 13.8 Å². The van der Waals surface area contributed by atoms with Crippen molar-refractivity contribution in [1.29, 1.82) is 0 Å². The number of rotatable bonds is 6. The number of nitrogens with zero attached hydrogens (tertiary/aromatic N) is 7. The summed E-state index contributed by atoms with van der Waals surface area (Å²) in [6.07, 6.45) is 4.82. The summed E-state index contributed by atoms with van der Waals surface area (Å²) in [5.41, 5.74) is 3.04. The molecule has 1 aliphatic rings. The Kier molecular flexibility index (Phi) is 4.44. The smallest absolute Gasteiger partial charge is 0.245 e. The predicted octanol–water partition coefficient (Wildman–Crippen LogP) is 2.32. The topological polar surface area (TPSA) is 97.8 Å². The van der Waals surface area contributed by atoms with E-state index in [0.717, 1.165) is 49.0 Å². The maximum atomic E-state index is 4.79. The molecule has 0 unspecified atom stereocenters. The molecule has 4 rings (SSSR count). The number of hydrogen-bond donors (Lipinski definition) is 1. The summed E-state index contributed by atoms with van der Waals surface area (Å²) in [4.78, 5) is 11.3. The summed E-state index contributed by atoms with van der Waals surface area (Å²) in [7, 11) is 2.01. The highest BCUT2D eigenvalue weighted by atomic mass is 16.6. The lowest BCUT2D eigenvalue weighted by Crippen LogP contribution is -2.27.